The first-order valence-electron chi connectivity index (χ1n) is 6.30. The normalized spacial score (nSPS) is 10.1. The monoisotopic (exact) mass is 338 g/mol. The van der Waals surface area contributed by atoms with E-state index in [0.29, 0.717) is 21.3 Å². The summed E-state index contributed by atoms with van der Waals surface area (Å²) in [7, 11) is 0. The number of aromatic nitrogens is 1. The zero-order chi connectivity index (χ0) is 16.1. The van der Waals surface area contributed by atoms with Crippen LogP contribution in [0.15, 0.2) is 36.7 Å². The third kappa shape index (κ3) is 3.96. The quantitative estimate of drug-likeness (QED) is 0.866. The van der Waals surface area contributed by atoms with E-state index in [9.17, 15) is 9.59 Å². The summed E-state index contributed by atoms with van der Waals surface area (Å²) in [5, 5.41) is 3.19. The van der Waals surface area contributed by atoms with Crippen LogP contribution in [0.4, 0.5) is 5.69 Å². The number of carbonyl (C=O) groups excluding carboxylic acids is 2. The fourth-order valence-electron chi connectivity index (χ4n) is 1.65. The lowest BCUT2D eigenvalue weighted by Crippen LogP contribution is -2.21. The molecule has 0 atom stereocenters. The van der Waals surface area contributed by atoms with Crippen LogP contribution in [0, 0.1) is 6.92 Å². The van der Waals surface area contributed by atoms with Crippen LogP contribution in [0.3, 0.4) is 0 Å². The zero-order valence-corrected chi connectivity index (χ0v) is 13.1. The van der Waals surface area contributed by atoms with Crippen molar-refractivity contribution in [3.8, 4) is 0 Å². The van der Waals surface area contributed by atoms with Crippen molar-refractivity contribution in [1.29, 1.82) is 0 Å². The van der Waals surface area contributed by atoms with Crippen LogP contribution in [0.2, 0.25) is 10.0 Å². The van der Waals surface area contributed by atoms with Gasteiger partial charge in [0, 0.05) is 12.4 Å². The van der Waals surface area contributed by atoms with E-state index in [0.717, 1.165) is 5.56 Å². The number of anilines is 1. The van der Waals surface area contributed by atoms with Gasteiger partial charge in [-0.15, -0.1) is 0 Å². The lowest BCUT2D eigenvalue weighted by Gasteiger charge is -2.11. The minimum Gasteiger partial charge on any atom is -0.452 e. The Kier molecular flexibility index (Phi) is 5.35. The van der Waals surface area contributed by atoms with Gasteiger partial charge in [-0.1, -0.05) is 29.3 Å². The lowest BCUT2D eigenvalue weighted by molar-refractivity contribution is -0.119. The van der Waals surface area contributed by atoms with Gasteiger partial charge in [0.2, 0.25) is 0 Å². The lowest BCUT2D eigenvalue weighted by atomic mass is 10.2. The van der Waals surface area contributed by atoms with Crippen molar-refractivity contribution in [3.05, 3.63) is 57.8 Å². The van der Waals surface area contributed by atoms with E-state index >= 15 is 0 Å². The number of nitrogens with one attached hydrogen (secondary N) is 1. The minimum absolute atomic E-state index is 0.299. The summed E-state index contributed by atoms with van der Waals surface area (Å²) in [4.78, 5) is 27.3. The Morgan fingerprint density at radius 1 is 1.18 bits per heavy atom. The second-order valence-corrected chi connectivity index (χ2v) is 5.20. The Morgan fingerprint density at radius 3 is 2.55 bits per heavy atom. The molecule has 0 aliphatic heterocycles. The molecule has 0 spiro atoms. The molecule has 1 aromatic carbocycles. The van der Waals surface area contributed by atoms with Crippen LogP contribution >= 0.6 is 23.2 Å². The highest BCUT2D eigenvalue weighted by Gasteiger charge is 2.14. The van der Waals surface area contributed by atoms with E-state index in [-0.39, 0.29) is 0 Å². The van der Waals surface area contributed by atoms with Gasteiger partial charge < -0.3 is 10.1 Å². The molecule has 0 aliphatic carbocycles. The van der Waals surface area contributed by atoms with E-state index < -0.39 is 18.5 Å². The van der Waals surface area contributed by atoms with E-state index in [1.165, 1.54) is 24.5 Å². The zero-order valence-electron chi connectivity index (χ0n) is 11.6. The molecular formula is C15H12Cl2N2O3. The van der Waals surface area contributed by atoms with Crippen LogP contribution in [-0.2, 0) is 9.53 Å². The third-order valence-corrected chi connectivity index (χ3v) is 3.60. The van der Waals surface area contributed by atoms with Gasteiger partial charge in [0.25, 0.3) is 5.91 Å². The molecule has 2 aromatic rings. The average molecular weight is 339 g/mol. The maximum atomic E-state index is 11.8. The second-order valence-electron chi connectivity index (χ2n) is 4.41. The number of hydrogen-bond donors (Lipinski definition) is 1. The number of hydrogen-bond acceptors (Lipinski definition) is 4. The molecule has 7 heteroatoms. The summed E-state index contributed by atoms with van der Waals surface area (Å²) in [5.41, 5.74) is 1.39. The molecule has 5 nitrogen and oxygen atoms in total. The molecule has 0 bridgehead atoms. The van der Waals surface area contributed by atoms with Gasteiger partial charge in [0.1, 0.15) is 0 Å². The predicted octanol–water partition coefficient (Wildman–Crippen LogP) is 3.49. The maximum absolute atomic E-state index is 11.8. The molecule has 0 fully saturated rings. The minimum atomic E-state index is -0.612. The summed E-state index contributed by atoms with van der Waals surface area (Å²) >= 11 is 12.1. The molecular weight excluding hydrogens is 327 g/mol. The first-order valence-corrected chi connectivity index (χ1v) is 7.06. The number of benzene rings is 1. The van der Waals surface area contributed by atoms with Gasteiger partial charge >= 0.3 is 5.97 Å². The highest BCUT2D eigenvalue weighted by molar-refractivity contribution is 6.40. The van der Waals surface area contributed by atoms with Crippen LogP contribution in [0.25, 0.3) is 0 Å². The summed E-state index contributed by atoms with van der Waals surface area (Å²) in [5.74, 6) is -1.14. The molecule has 2 rings (SSSR count). The van der Waals surface area contributed by atoms with Gasteiger partial charge in [0.05, 0.1) is 21.3 Å². The van der Waals surface area contributed by atoms with Crippen molar-refractivity contribution in [2.75, 3.05) is 11.9 Å². The SMILES string of the molecule is Cc1ccc(Cl)c(NC(=O)COC(=O)c2ccncc2)c1Cl. The molecule has 1 N–H and O–H groups in total. The second kappa shape index (κ2) is 7.24. The van der Waals surface area contributed by atoms with E-state index in [4.69, 9.17) is 27.9 Å². The van der Waals surface area contributed by atoms with Crippen molar-refractivity contribution in [1.82, 2.24) is 4.98 Å². The standard InChI is InChI=1S/C15H12Cl2N2O3/c1-9-2-3-11(16)14(13(9)17)19-12(20)8-22-15(21)10-4-6-18-7-5-10/h2-7H,8H2,1H3,(H,19,20). The number of esters is 1. The highest BCUT2D eigenvalue weighted by atomic mass is 35.5. The number of rotatable bonds is 4. The van der Waals surface area contributed by atoms with Crippen LogP contribution in [0.5, 0.6) is 0 Å². The smallest absolute Gasteiger partial charge is 0.338 e. The number of pyridine rings is 1. The van der Waals surface area contributed by atoms with Gasteiger partial charge in [-0.2, -0.15) is 0 Å². The van der Waals surface area contributed by atoms with E-state index in [2.05, 4.69) is 10.3 Å². The summed E-state index contributed by atoms with van der Waals surface area (Å²) < 4.78 is 4.91. The van der Waals surface area contributed by atoms with Crippen LogP contribution < -0.4 is 5.32 Å². The van der Waals surface area contributed by atoms with Gasteiger partial charge in [0.15, 0.2) is 6.61 Å². The molecule has 0 aliphatic rings. The number of amides is 1. The number of nitrogens with zero attached hydrogens (tertiary/aromatic N) is 1. The molecule has 22 heavy (non-hydrogen) atoms. The fraction of sp³-hybridized carbons (Fsp3) is 0.133. The number of aryl methyl sites for hydroxylation is 1. The third-order valence-electron chi connectivity index (χ3n) is 2.80. The molecule has 0 saturated heterocycles. The van der Waals surface area contributed by atoms with Crippen molar-refractivity contribution >= 4 is 40.8 Å². The molecule has 1 amide bonds. The number of ether oxygens (including phenoxy) is 1. The highest BCUT2D eigenvalue weighted by Crippen LogP contribution is 2.32. The molecule has 114 valence electrons. The molecule has 0 unspecified atom stereocenters. The summed E-state index contributed by atoms with van der Waals surface area (Å²) in [6.45, 7) is 1.35. The first-order chi connectivity index (χ1) is 10.5. The van der Waals surface area contributed by atoms with Crippen molar-refractivity contribution in [3.63, 3.8) is 0 Å². The maximum Gasteiger partial charge on any atom is 0.338 e. The van der Waals surface area contributed by atoms with Crippen LogP contribution in [-0.4, -0.2) is 23.5 Å². The number of carbonyl (C=O) groups is 2. The number of halogens is 2. The van der Waals surface area contributed by atoms with Crippen molar-refractivity contribution < 1.29 is 14.3 Å². The largest absolute Gasteiger partial charge is 0.452 e. The van der Waals surface area contributed by atoms with Gasteiger partial charge in [-0.05, 0) is 30.7 Å². The predicted molar refractivity (Wildman–Crippen MR) is 84.3 cm³/mol. The fourth-order valence-corrected chi connectivity index (χ4v) is 2.11. The first kappa shape index (κ1) is 16.3. The Hall–Kier alpha value is -2.11. The topological polar surface area (TPSA) is 68.3 Å². The Balaban J connectivity index is 1.97. The van der Waals surface area contributed by atoms with E-state index in [1.54, 1.807) is 19.1 Å². The molecule has 1 aromatic heterocycles. The van der Waals surface area contributed by atoms with Crippen molar-refractivity contribution in [2.45, 2.75) is 6.92 Å². The van der Waals surface area contributed by atoms with Crippen LogP contribution in [0.1, 0.15) is 15.9 Å². The summed E-state index contributed by atoms with van der Waals surface area (Å²) in [6.07, 6.45) is 2.92. The average Bonchev–Trinajstić information content (AvgIpc) is 2.53. The Bertz CT molecular complexity index is 705. The van der Waals surface area contributed by atoms with Crippen molar-refractivity contribution in [2.24, 2.45) is 0 Å². The summed E-state index contributed by atoms with van der Waals surface area (Å²) in [6, 6.07) is 6.36. The van der Waals surface area contributed by atoms with Gasteiger partial charge in [-0.25, -0.2) is 4.79 Å². The Morgan fingerprint density at radius 2 is 1.86 bits per heavy atom. The molecule has 0 radical (unpaired) electrons. The van der Waals surface area contributed by atoms with E-state index in [1.807, 2.05) is 0 Å². The van der Waals surface area contributed by atoms with Gasteiger partial charge in [-0.3, -0.25) is 9.78 Å². The molecule has 1 heterocycles. The molecule has 0 saturated carbocycles. The Labute approximate surface area is 137 Å².